The Morgan fingerprint density at radius 2 is 0.859 bits per heavy atom. The third kappa shape index (κ3) is 4.43. The normalized spacial score (nSPS) is 12.4. The van der Waals surface area contributed by atoms with Gasteiger partial charge in [0.15, 0.2) is 5.82 Å². The van der Waals surface area contributed by atoms with Gasteiger partial charge in [0.2, 0.25) is 11.7 Å². The van der Waals surface area contributed by atoms with Gasteiger partial charge in [0.05, 0.1) is 44.0 Å². The van der Waals surface area contributed by atoms with E-state index in [4.69, 9.17) is 14.4 Å². The smallest absolute Gasteiger partial charge is 0.240 e. The fourth-order valence-electron chi connectivity index (χ4n) is 10.9. The summed E-state index contributed by atoms with van der Waals surface area (Å²) < 4.78 is 13.7. The van der Waals surface area contributed by atoms with Crippen LogP contribution in [0.15, 0.2) is 205 Å². The van der Waals surface area contributed by atoms with Gasteiger partial charge in [-0.2, -0.15) is 9.97 Å². The molecule has 0 saturated heterocycles. The first-order valence-electron chi connectivity index (χ1n) is 21.7. The van der Waals surface area contributed by atoms with Crippen molar-refractivity contribution in [3.8, 4) is 34.0 Å². The standard InChI is InChI=1S/C58H33N5O/c1-2-14-34(15-3-1)35-26-28-36(29-27-35)37-30-31-40-44-33-50-52(53-42-19-7-11-23-47(42)61(55(44)53)49(40)32-37)41-18-6-12-24-48(41)63(50)58-59-56(54-43-20-8-13-25-51(43)64-57(54)60-58)62-45-21-9-4-16-38(45)39-17-5-10-22-46(39)62/h1-33H. The van der Waals surface area contributed by atoms with Crippen molar-refractivity contribution in [2.75, 3.05) is 0 Å². The van der Waals surface area contributed by atoms with Crippen molar-refractivity contribution in [3.63, 3.8) is 0 Å². The monoisotopic (exact) mass is 815 g/mol. The molecule has 296 valence electrons. The first-order valence-corrected chi connectivity index (χ1v) is 21.7. The minimum absolute atomic E-state index is 0.547. The van der Waals surface area contributed by atoms with Crippen LogP contribution < -0.4 is 0 Å². The lowest BCUT2D eigenvalue weighted by molar-refractivity contribution is 0.650. The second kappa shape index (κ2) is 12.4. The van der Waals surface area contributed by atoms with Crippen molar-refractivity contribution >= 4 is 104 Å². The predicted octanol–water partition coefficient (Wildman–Crippen LogP) is 15.1. The van der Waals surface area contributed by atoms with Gasteiger partial charge in [-0.3, -0.25) is 9.13 Å². The molecular formula is C58H33N5O. The zero-order chi connectivity index (χ0) is 41.6. The first-order chi connectivity index (χ1) is 31.8. The fourth-order valence-corrected chi connectivity index (χ4v) is 10.9. The van der Waals surface area contributed by atoms with E-state index in [1.54, 1.807) is 0 Å². The van der Waals surface area contributed by atoms with E-state index in [1.165, 1.54) is 76.5 Å². The van der Waals surface area contributed by atoms with Crippen LogP contribution in [0.4, 0.5) is 0 Å². The van der Waals surface area contributed by atoms with Crippen LogP contribution in [0.3, 0.4) is 0 Å². The largest absolute Gasteiger partial charge is 0.437 e. The molecule has 0 unspecified atom stereocenters. The van der Waals surface area contributed by atoms with Crippen molar-refractivity contribution in [1.82, 2.24) is 23.5 Å². The number of hydrogen-bond donors (Lipinski definition) is 0. The van der Waals surface area contributed by atoms with Crippen LogP contribution in [0, 0.1) is 0 Å². The molecule has 0 atom stereocenters. The molecule has 6 heterocycles. The summed E-state index contributed by atoms with van der Waals surface area (Å²) in [6.45, 7) is 0. The Morgan fingerprint density at radius 3 is 1.58 bits per heavy atom. The summed E-state index contributed by atoms with van der Waals surface area (Å²) in [6.07, 6.45) is 0. The highest BCUT2D eigenvalue weighted by atomic mass is 16.3. The number of nitrogens with zero attached hydrogens (tertiary/aromatic N) is 5. The van der Waals surface area contributed by atoms with Gasteiger partial charge in [-0.15, -0.1) is 0 Å². The van der Waals surface area contributed by atoms with Gasteiger partial charge in [0, 0.05) is 48.5 Å². The summed E-state index contributed by atoms with van der Waals surface area (Å²) in [6, 6.07) is 71.7. The molecule has 15 aromatic rings. The number of aromatic nitrogens is 5. The number of furan rings is 1. The Balaban J connectivity index is 1.05. The molecule has 0 bridgehead atoms. The van der Waals surface area contributed by atoms with Gasteiger partial charge in [0.1, 0.15) is 5.58 Å². The zero-order valence-electron chi connectivity index (χ0n) is 34.2. The molecule has 0 spiro atoms. The SMILES string of the molecule is c1ccc(-c2ccc(-c3ccc4c5cc6c(c7ccccc7n6-c6nc(-n7c8ccccc8c8ccccc87)c7c(n6)oc6ccccc67)c6c7ccccc7n(c4c3)c56)cc2)cc1. The van der Waals surface area contributed by atoms with Crippen LogP contribution in [0.25, 0.3) is 138 Å². The van der Waals surface area contributed by atoms with Crippen LogP contribution in [-0.2, 0) is 0 Å². The minimum Gasteiger partial charge on any atom is -0.437 e. The maximum Gasteiger partial charge on any atom is 0.240 e. The highest BCUT2D eigenvalue weighted by molar-refractivity contribution is 6.35. The van der Waals surface area contributed by atoms with Crippen LogP contribution in [0.1, 0.15) is 0 Å². The quantitative estimate of drug-likeness (QED) is 0.178. The molecule has 0 saturated carbocycles. The van der Waals surface area contributed by atoms with E-state index in [2.05, 4.69) is 202 Å². The van der Waals surface area contributed by atoms with Crippen LogP contribution in [0.2, 0.25) is 0 Å². The lowest BCUT2D eigenvalue weighted by Gasteiger charge is -2.12. The van der Waals surface area contributed by atoms with E-state index in [0.29, 0.717) is 11.7 Å². The lowest BCUT2D eigenvalue weighted by atomic mass is 9.98. The first kappa shape index (κ1) is 33.9. The summed E-state index contributed by atoms with van der Waals surface area (Å²) in [5, 5.41) is 11.4. The van der Waals surface area contributed by atoms with Crippen molar-refractivity contribution in [2.45, 2.75) is 0 Å². The molecule has 0 amide bonds. The Hall–Kier alpha value is -8.74. The minimum atomic E-state index is 0.547. The van der Waals surface area contributed by atoms with Crippen LogP contribution in [0.5, 0.6) is 0 Å². The highest BCUT2D eigenvalue weighted by Gasteiger charge is 2.27. The molecule has 64 heavy (non-hydrogen) atoms. The fraction of sp³-hybridized carbons (Fsp3) is 0. The van der Waals surface area contributed by atoms with E-state index in [-0.39, 0.29) is 0 Å². The Labute approximate surface area is 364 Å². The second-order valence-corrected chi connectivity index (χ2v) is 16.9. The van der Waals surface area contributed by atoms with Gasteiger partial charge in [-0.1, -0.05) is 158 Å². The second-order valence-electron chi connectivity index (χ2n) is 16.9. The van der Waals surface area contributed by atoms with Crippen molar-refractivity contribution in [1.29, 1.82) is 0 Å². The van der Waals surface area contributed by atoms with Crippen molar-refractivity contribution in [2.24, 2.45) is 0 Å². The lowest BCUT2D eigenvalue weighted by Crippen LogP contribution is -2.06. The molecular weight excluding hydrogens is 783 g/mol. The summed E-state index contributed by atoms with van der Waals surface area (Å²) in [7, 11) is 0. The molecule has 0 radical (unpaired) electrons. The Bertz CT molecular complexity index is 4360. The maximum atomic E-state index is 6.69. The molecule has 0 aliphatic rings. The van der Waals surface area contributed by atoms with Gasteiger partial charge in [-0.05, 0) is 64.7 Å². The summed E-state index contributed by atoms with van der Waals surface area (Å²) in [5.41, 5.74) is 13.9. The Morgan fingerprint density at radius 1 is 0.328 bits per heavy atom. The van der Waals surface area contributed by atoms with Gasteiger partial charge in [-0.25, -0.2) is 0 Å². The number of hydrogen-bond acceptors (Lipinski definition) is 3. The highest BCUT2D eigenvalue weighted by Crippen LogP contribution is 2.47. The molecule has 0 aliphatic heterocycles. The van der Waals surface area contributed by atoms with Crippen molar-refractivity contribution < 1.29 is 4.42 Å². The maximum absolute atomic E-state index is 6.69. The number of fused-ring (bicyclic) bond motifs is 16. The summed E-state index contributed by atoms with van der Waals surface area (Å²) >= 11 is 0. The number of benzene rings is 9. The van der Waals surface area contributed by atoms with E-state index in [1.807, 2.05) is 12.1 Å². The predicted molar refractivity (Wildman–Crippen MR) is 264 cm³/mol. The summed E-state index contributed by atoms with van der Waals surface area (Å²) in [5.74, 6) is 1.34. The third-order valence-corrected chi connectivity index (χ3v) is 13.6. The van der Waals surface area contributed by atoms with Gasteiger partial charge < -0.3 is 8.82 Å². The molecule has 0 aliphatic carbocycles. The Kier molecular flexibility index (Phi) is 6.59. The van der Waals surface area contributed by atoms with E-state index >= 15 is 0 Å². The molecule has 9 aromatic carbocycles. The molecule has 6 heteroatoms. The zero-order valence-corrected chi connectivity index (χ0v) is 34.2. The van der Waals surface area contributed by atoms with Crippen LogP contribution >= 0.6 is 0 Å². The molecule has 6 nitrogen and oxygen atoms in total. The van der Waals surface area contributed by atoms with Gasteiger partial charge in [0.25, 0.3) is 0 Å². The molecule has 0 N–H and O–H groups in total. The number of para-hydroxylation sites is 5. The van der Waals surface area contributed by atoms with E-state index < -0.39 is 0 Å². The third-order valence-electron chi connectivity index (χ3n) is 13.6. The molecule has 0 fully saturated rings. The van der Waals surface area contributed by atoms with Crippen LogP contribution in [-0.4, -0.2) is 23.5 Å². The molecule has 6 aromatic heterocycles. The molecule has 15 rings (SSSR count). The average Bonchev–Trinajstić information content (AvgIpc) is 4.16. The number of rotatable bonds is 4. The van der Waals surface area contributed by atoms with Crippen molar-refractivity contribution in [3.05, 3.63) is 200 Å². The van der Waals surface area contributed by atoms with E-state index in [0.717, 1.165) is 49.6 Å². The summed E-state index contributed by atoms with van der Waals surface area (Å²) in [4.78, 5) is 11.0. The average molecular weight is 816 g/mol. The van der Waals surface area contributed by atoms with Gasteiger partial charge >= 0.3 is 0 Å². The topological polar surface area (TPSA) is 53.2 Å². The van der Waals surface area contributed by atoms with E-state index in [9.17, 15) is 0 Å².